The molecule has 2 N–H and O–H groups in total. The number of carboxylic acid groups (broad SMARTS) is 1. The normalized spacial score (nSPS) is 18.2. The second-order valence-corrected chi connectivity index (χ2v) is 4.91. The Bertz CT molecular complexity index is 842. The Hall–Kier alpha value is -3.85. The van der Waals surface area contributed by atoms with Crippen molar-refractivity contribution < 1.29 is 19.2 Å². The highest BCUT2D eigenvalue weighted by Crippen LogP contribution is 2.34. The minimum absolute atomic E-state index is 0.00296. The summed E-state index contributed by atoms with van der Waals surface area (Å²) in [5, 5.41) is 25.9. The summed E-state index contributed by atoms with van der Waals surface area (Å²) in [4.78, 5) is 23.5. The van der Waals surface area contributed by atoms with Gasteiger partial charge in [0, 0.05) is 0 Å². The number of nitro groups is 1. The zero-order chi connectivity index (χ0) is 18.4. The largest absolute Gasteiger partial charge is 0.480 e. The molecule has 0 radical (unpaired) electrons. The van der Waals surface area contributed by atoms with Gasteiger partial charge >= 0.3 is 11.9 Å². The van der Waals surface area contributed by atoms with Gasteiger partial charge in [0.1, 0.15) is 10.7 Å². The Morgan fingerprint density at radius 1 is 1.40 bits per heavy atom. The van der Waals surface area contributed by atoms with Gasteiger partial charge in [0.05, 0.1) is 24.5 Å². The maximum absolute atomic E-state index is 11.7. The number of hydrogen-bond donors (Lipinski definition) is 2. The summed E-state index contributed by atoms with van der Waals surface area (Å²) in [5.41, 5.74) is 11.4. The Morgan fingerprint density at radius 2 is 2.04 bits per heavy atom. The standard InChI is InChI=1S/C14H11N3O5.HN3/c18-13(19)14(11-6-7-12(22-11)17(20)21)8-15-16(9-14)10-4-2-1-3-5-10;1-3-2/h1-8H,9H2,(H,18,19);1H. The van der Waals surface area contributed by atoms with Crippen LogP contribution in [0.5, 0.6) is 0 Å². The quantitative estimate of drug-likeness (QED) is 0.284. The first-order valence-electron chi connectivity index (χ1n) is 6.81. The number of hydrogen-bond acceptors (Lipinski definition) is 7. The molecule has 0 bridgehead atoms. The van der Waals surface area contributed by atoms with Gasteiger partial charge in [0.25, 0.3) is 0 Å². The molecule has 3 rings (SSSR count). The molecule has 2 aromatic rings. The lowest BCUT2D eigenvalue weighted by Gasteiger charge is -2.21. The number of nitrogens with one attached hydrogen (secondary N) is 1. The average Bonchev–Trinajstić information content (AvgIpc) is 3.24. The van der Waals surface area contributed by atoms with E-state index in [4.69, 9.17) is 15.5 Å². The fraction of sp³-hybridized carbons (Fsp3) is 0.143. The summed E-state index contributed by atoms with van der Waals surface area (Å²) in [6, 6.07) is 11.5. The summed E-state index contributed by atoms with van der Waals surface area (Å²) in [5.74, 6) is -1.70. The van der Waals surface area contributed by atoms with Crippen LogP contribution in [-0.2, 0) is 10.2 Å². The number of hydrazone groups is 1. The SMILES string of the molecule is O=C(O)C1(c2ccc([N+](=O)[O-])o2)C=NN(c2ccccc2)C1.[N-]=[N+]=N. The number of anilines is 1. The lowest BCUT2D eigenvalue weighted by Crippen LogP contribution is -2.41. The summed E-state index contributed by atoms with van der Waals surface area (Å²) in [6.45, 7) is -0.00296. The molecule has 0 fully saturated rings. The monoisotopic (exact) mass is 344 g/mol. The van der Waals surface area contributed by atoms with E-state index < -0.39 is 22.2 Å². The molecular weight excluding hydrogens is 332 g/mol. The molecule has 0 spiro atoms. The van der Waals surface area contributed by atoms with Gasteiger partial charge in [-0.3, -0.25) is 19.9 Å². The van der Waals surface area contributed by atoms with E-state index in [1.54, 1.807) is 17.0 Å². The van der Waals surface area contributed by atoms with Crippen molar-refractivity contribution in [1.82, 2.24) is 0 Å². The van der Waals surface area contributed by atoms with Crippen LogP contribution in [0.3, 0.4) is 0 Å². The van der Waals surface area contributed by atoms with Crippen molar-refractivity contribution in [1.29, 1.82) is 5.53 Å². The van der Waals surface area contributed by atoms with Crippen LogP contribution in [-0.4, -0.2) is 28.8 Å². The van der Waals surface area contributed by atoms with Crippen LogP contribution in [0.25, 0.3) is 10.4 Å². The minimum Gasteiger partial charge on any atom is -0.480 e. The number of para-hydroxylation sites is 1. The molecule has 25 heavy (non-hydrogen) atoms. The van der Waals surface area contributed by atoms with Gasteiger partial charge in [-0.2, -0.15) is 5.10 Å². The fourth-order valence-corrected chi connectivity index (χ4v) is 2.28. The van der Waals surface area contributed by atoms with Gasteiger partial charge in [0.15, 0.2) is 5.41 Å². The van der Waals surface area contributed by atoms with Gasteiger partial charge < -0.3 is 9.52 Å². The van der Waals surface area contributed by atoms with Gasteiger partial charge in [-0.15, -0.1) is 5.53 Å². The topological polar surface area (TPSA) is 169 Å². The summed E-state index contributed by atoms with van der Waals surface area (Å²) >= 11 is 0. The molecule has 11 nitrogen and oxygen atoms in total. The lowest BCUT2D eigenvalue weighted by atomic mass is 9.87. The zero-order valence-electron chi connectivity index (χ0n) is 12.6. The van der Waals surface area contributed by atoms with Crippen molar-refractivity contribution in [3.63, 3.8) is 0 Å². The summed E-state index contributed by atoms with van der Waals surface area (Å²) in [7, 11) is 0. The first-order valence-corrected chi connectivity index (χ1v) is 6.81. The highest BCUT2D eigenvalue weighted by Gasteiger charge is 2.48. The molecule has 1 aromatic carbocycles. The third kappa shape index (κ3) is 3.41. The Balaban J connectivity index is 0.000000701. The minimum atomic E-state index is -1.55. The summed E-state index contributed by atoms with van der Waals surface area (Å²) in [6.07, 6.45) is 1.24. The number of aliphatic carboxylic acids is 1. The smallest absolute Gasteiger partial charge is 0.433 e. The van der Waals surface area contributed by atoms with Gasteiger partial charge in [-0.25, -0.2) is 0 Å². The summed E-state index contributed by atoms with van der Waals surface area (Å²) < 4.78 is 5.08. The number of carbonyl (C=O) groups is 1. The number of furan rings is 1. The van der Waals surface area contributed by atoms with E-state index in [0.29, 0.717) is 0 Å². The molecule has 0 aliphatic carbocycles. The van der Waals surface area contributed by atoms with Crippen molar-refractivity contribution in [2.24, 2.45) is 5.10 Å². The predicted molar refractivity (Wildman–Crippen MR) is 86.4 cm³/mol. The van der Waals surface area contributed by atoms with Crippen LogP contribution in [0.1, 0.15) is 5.76 Å². The van der Waals surface area contributed by atoms with Crippen LogP contribution >= 0.6 is 0 Å². The molecule has 11 heteroatoms. The Labute approximate surface area is 140 Å². The van der Waals surface area contributed by atoms with Crippen LogP contribution in [0.15, 0.2) is 52.0 Å². The molecule has 1 unspecified atom stereocenters. The molecule has 1 aliphatic heterocycles. The fourth-order valence-electron chi connectivity index (χ4n) is 2.28. The third-order valence-corrected chi connectivity index (χ3v) is 3.46. The molecule has 128 valence electrons. The highest BCUT2D eigenvalue weighted by atomic mass is 16.6. The van der Waals surface area contributed by atoms with E-state index >= 15 is 0 Å². The Morgan fingerprint density at radius 3 is 2.56 bits per heavy atom. The van der Waals surface area contributed by atoms with Crippen LogP contribution in [0, 0.1) is 15.6 Å². The van der Waals surface area contributed by atoms with E-state index in [-0.39, 0.29) is 12.3 Å². The Kier molecular flexibility index (Phi) is 5.01. The number of rotatable bonds is 4. The predicted octanol–water partition coefficient (Wildman–Crippen LogP) is 2.89. The van der Waals surface area contributed by atoms with Crippen LogP contribution in [0.2, 0.25) is 0 Å². The van der Waals surface area contributed by atoms with E-state index in [1.165, 1.54) is 17.3 Å². The third-order valence-electron chi connectivity index (χ3n) is 3.46. The lowest BCUT2D eigenvalue weighted by molar-refractivity contribution is -0.402. The van der Waals surface area contributed by atoms with Crippen LogP contribution < -0.4 is 5.01 Å². The second kappa shape index (κ2) is 7.15. The van der Waals surface area contributed by atoms with Crippen molar-refractivity contribution >= 4 is 23.8 Å². The highest BCUT2D eigenvalue weighted by molar-refractivity contribution is 6.02. The van der Waals surface area contributed by atoms with Crippen LogP contribution in [0.4, 0.5) is 11.6 Å². The zero-order valence-corrected chi connectivity index (χ0v) is 12.6. The first kappa shape index (κ1) is 17.5. The van der Waals surface area contributed by atoms with E-state index in [0.717, 1.165) is 11.8 Å². The van der Waals surface area contributed by atoms with Gasteiger partial charge in [0.2, 0.25) is 0 Å². The number of carboxylic acids is 1. The molecule has 0 saturated carbocycles. The average molecular weight is 344 g/mol. The van der Waals surface area contributed by atoms with E-state index in [2.05, 4.69) is 5.10 Å². The number of nitrogens with zero attached hydrogens (tertiary/aromatic N) is 5. The molecule has 0 saturated heterocycles. The molecular formula is C14H12N6O5. The van der Waals surface area contributed by atoms with E-state index in [9.17, 15) is 20.0 Å². The molecule has 2 heterocycles. The second-order valence-electron chi connectivity index (χ2n) is 4.91. The molecule has 0 amide bonds. The molecule has 1 atom stereocenters. The van der Waals surface area contributed by atoms with Crippen molar-refractivity contribution in [3.8, 4) is 0 Å². The van der Waals surface area contributed by atoms with Crippen molar-refractivity contribution in [2.45, 2.75) is 5.41 Å². The molecule has 1 aliphatic rings. The van der Waals surface area contributed by atoms with Crippen molar-refractivity contribution in [2.75, 3.05) is 11.6 Å². The maximum atomic E-state index is 11.7. The van der Waals surface area contributed by atoms with Gasteiger partial charge in [-0.05, 0) is 28.6 Å². The number of benzene rings is 1. The molecule has 1 aromatic heterocycles. The van der Waals surface area contributed by atoms with Gasteiger partial charge in [-0.1, -0.05) is 18.2 Å². The first-order chi connectivity index (χ1) is 11.9. The van der Waals surface area contributed by atoms with E-state index in [1.807, 2.05) is 18.2 Å². The maximum Gasteiger partial charge on any atom is 0.433 e. The van der Waals surface area contributed by atoms with Crippen molar-refractivity contribution in [3.05, 3.63) is 68.8 Å².